The summed E-state index contributed by atoms with van der Waals surface area (Å²) in [5, 5.41) is 3.80. The van der Waals surface area contributed by atoms with Gasteiger partial charge < -0.3 is 24.4 Å². The van der Waals surface area contributed by atoms with Gasteiger partial charge in [-0.25, -0.2) is 4.98 Å². The van der Waals surface area contributed by atoms with E-state index in [-0.39, 0.29) is 5.91 Å². The lowest BCUT2D eigenvalue weighted by Crippen LogP contribution is -2.33. The van der Waals surface area contributed by atoms with E-state index in [9.17, 15) is 4.79 Å². The number of methoxy groups -OCH3 is 3. The number of anilines is 1. The fourth-order valence-electron chi connectivity index (χ4n) is 3.44. The topological polar surface area (TPSA) is 85.8 Å². The molecule has 0 radical (unpaired) electrons. The fourth-order valence-corrected chi connectivity index (χ4v) is 4.17. The average Bonchev–Trinajstić information content (AvgIpc) is 3.32. The quantitative estimate of drug-likeness (QED) is 0.376. The molecule has 182 valence electrons. The summed E-state index contributed by atoms with van der Waals surface area (Å²) in [6.07, 6.45) is 1.76. The summed E-state index contributed by atoms with van der Waals surface area (Å²) < 4.78 is 20.4. The van der Waals surface area contributed by atoms with Crippen molar-refractivity contribution in [3.63, 3.8) is 0 Å². The Kier molecular flexibility index (Phi) is 10.1. The van der Waals surface area contributed by atoms with Crippen LogP contribution in [0.3, 0.4) is 0 Å². The van der Waals surface area contributed by atoms with E-state index in [2.05, 4.69) is 26.7 Å². The van der Waals surface area contributed by atoms with Crippen LogP contribution in [0.4, 0.5) is 5.13 Å². The molecule has 3 rings (SSSR count). The van der Waals surface area contributed by atoms with Crippen molar-refractivity contribution in [1.29, 1.82) is 0 Å². The number of ether oxygens (including phenoxy) is 3. The van der Waals surface area contributed by atoms with Gasteiger partial charge in [-0.05, 0) is 29.7 Å². The molecule has 0 saturated carbocycles. The summed E-state index contributed by atoms with van der Waals surface area (Å²) >= 11 is 1.36. The van der Waals surface area contributed by atoms with Crippen LogP contribution in [0.25, 0.3) is 0 Å². The molecule has 0 aliphatic rings. The van der Waals surface area contributed by atoms with Crippen molar-refractivity contribution in [2.24, 2.45) is 0 Å². The zero-order valence-electron chi connectivity index (χ0n) is 20.0. The molecule has 3 aromatic rings. The molecule has 0 bridgehead atoms. The summed E-state index contributed by atoms with van der Waals surface area (Å²) in [5.74, 6) is 2.16. The minimum absolute atomic E-state index is 0.00285. The molecule has 1 N–H and O–H groups in total. The van der Waals surface area contributed by atoms with Crippen LogP contribution < -0.4 is 19.7 Å². The molecule has 1 aromatic heterocycles. The first kappa shape index (κ1) is 25.5. The van der Waals surface area contributed by atoms with Crippen LogP contribution in [0.1, 0.15) is 23.4 Å². The number of aromatic nitrogens is 2. The maximum absolute atomic E-state index is 12.5. The molecule has 2 aromatic carbocycles. The summed E-state index contributed by atoms with van der Waals surface area (Å²) in [7, 11) is 4.89. The van der Waals surface area contributed by atoms with E-state index >= 15 is 0 Å². The molecule has 0 aliphatic carbocycles. The maximum atomic E-state index is 12.5. The van der Waals surface area contributed by atoms with Crippen molar-refractivity contribution < 1.29 is 19.0 Å². The van der Waals surface area contributed by atoms with Crippen molar-refractivity contribution in [2.75, 3.05) is 52.5 Å². The molecule has 0 saturated heterocycles. The number of hydrogen-bond donors (Lipinski definition) is 1. The van der Waals surface area contributed by atoms with Gasteiger partial charge in [0.25, 0.3) is 0 Å². The Morgan fingerprint density at radius 3 is 2.53 bits per heavy atom. The predicted octanol–water partition coefficient (Wildman–Crippen LogP) is 3.35. The lowest BCUT2D eigenvalue weighted by Gasteiger charge is -2.20. The van der Waals surface area contributed by atoms with E-state index < -0.39 is 0 Å². The van der Waals surface area contributed by atoms with E-state index in [0.29, 0.717) is 57.0 Å². The minimum Gasteiger partial charge on any atom is -0.493 e. The molecular formula is C25H32N4O4S. The van der Waals surface area contributed by atoms with Gasteiger partial charge in [0.2, 0.25) is 11.0 Å². The van der Waals surface area contributed by atoms with Crippen molar-refractivity contribution in [1.82, 2.24) is 14.7 Å². The first-order valence-electron chi connectivity index (χ1n) is 11.2. The van der Waals surface area contributed by atoms with E-state index in [1.165, 1.54) is 17.1 Å². The summed E-state index contributed by atoms with van der Waals surface area (Å²) in [5.41, 5.74) is 2.24. The molecule has 0 fully saturated rings. The van der Waals surface area contributed by atoms with Crippen LogP contribution in [0.2, 0.25) is 0 Å². The molecule has 0 spiro atoms. The Morgan fingerprint density at radius 1 is 1.00 bits per heavy atom. The third kappa shape index (κ3) is 7.71. The van der Waals surface area contributed by atoms with Gasteiger partial charge in [-0.15, -0.1) is 0 Å². The monoisotopic (exact) mass is 484 g/mol. The SMILES string of the molecule is COCCN(CCC(=O)NCCc1ccc(OC)c(OC)c1)c1nc(Cc2ccccc2)ns1. The molecule has 0 aliphatic heterocycles. The van der Waals surface area contributed by atoms with Gasteiger partial charge in [-0.1, -0.05) is 36.4 Å². The van der Waals surface area contributed by atoms with Crippen LogP contribution in [-0.4, -0.2) is 62.8 Å². The lowest BCUT2D eigenvalue weighted by atomic mass is 10.1. The summed E-state index contributed by atoms with van der Waals surface area (Å²) in [4.78, 5) is 19.2. The maximum Gasteiger partial charge on any atom is 0.221 e. The standard InChI is InChI=1S/C25H32N4O4S/c1-31-16-15-29(25-27-23(28-34-25)18-19-7-5-4-6-8-19)14-12-24(30)26-13-11-20-9-10-21(32-2)22(17-20)33-3/h4-10,17H,11-16,18H2,1-3H3,(H,26,30). The Bertz CT molecular complexity index is 1030. The van der Waals surface area contributed by atoms with E-state index in [1.807, 2.05) is 36.4 Å². The van der Waals surface area contributed by atoms with Gasteiger partial charge in [0.15, 0.2) is 11.5 Å². The second-order valence-corrected chi connectivity index (χ2v) is 8.40. The van der Waals surface area contributed by atoms with Gasteiger partial charge >= 0.3 is 0 Å². The van der Waals surface area contributed by atoms with Crippen LogP contribution in [0.15, 0.2) is 48.5 Å². The molecule has 1 heterocycles. The van der Waals surface area contributed by atoms with Crippen LogP contribution in [0.5, 0.6) is 11.5 Å². The van der Waals surface area contributed by atoms with E-state index in [0.717, 1.165) is 16.5 Å². The second kappa shape index (κ2) is 13.5. The number of carbonyl (C=O) groups excluding carboxylic acids is 1. The first-order chi connectivity index (χ1) is 16.6. The minimum atomic E-state index is -0.00285. The molecule has 9 heteroatoms. The Balaban J connectivity index is 1.49. The van der Waals surface area contributed by atoms with Gasteiger partial charge in [0, 0.05) is 51.1 Å². The second-order valence-electron chi connectivity index (χ2n) is 7.67. The number of benzene rings is 2. The molecule has 0 unspecified atom stereocenters. The molecule has 0 atom stereocenters. The third-order valence-corrected chi connectivity index (χ3v) is 6.11. The van der Waals surface area contributed by atoms with E-state index in [1.54, 1.807) is 21.3 Å². The fraction of sp³-hybridized carbons (Fsp3) is 0.400. The van der Waals surface area contributed by atoms with Crippen LogP contribution >= 0.6 is 11.5 Å². The Labute approximate surface area is 205 Å². The van der Waals surface area contributed by atoms with Crippen molar-refractivity contribution in [3.8, 4) is 11.5 Å². The average molecular weight is 485 g/mol. The number of amides is 1. The smallest absolute Gasteiger partial charge is 0.221 e. The normalized spacial score (nSPS) is 10.7. The predicted molar refractivity (Wildman–Crippen MR) is 134 cm³/mol. The number of rotatable bonds is 14. The third-order valence-electron chi connectivity index (χ3n) is 5.29. The van der Waals surface area contributed by atoms with Crippen molar-refractivity contribution in [2.45, 2.75) is 19.3 Å². The first-order valence-corrected chi connectivity index (χ1v) is 12.0. The van der Waals surface area contributed by atoms with Crippen LogP contribution in [0, 0.1) is 0 Å². The van der Waals surface area contributed by atoms with Gasteiger partial charge in [0.05, 0.1) is 20.8 Å². The molecule has 8 nitrogen and oxygen atoms in total. The van der Waals surface area contributed by atoms with Crippen molar-refractivity contribution in [3.05, 3.63) is 65.5 Å². The highest BCUT2D eigenvalue weighted by Gasteiger charge is 2.15. The summed E-state index contributed by atoms with van der Waals surface area (Å²) in [6, 6.07) is 15.9. The highest BCUT2D eigenvalue weighted by Crippen LogP contribution is 2.27. The molecule has 1 amide bonds. The highest BCUT2D eigenvalue weighted by atomic mass is 32.1. The van der Waals surface area contributed by atoms with Gasteiger partial charge in [-0.3, -0.25) is 4.79 Å². The molecule has 34 heavy (non-hydrogen) atoms. The number of hydrogen-bond acceptors (Lipinski definition) is 8. The number of nitrogens with one attached hydrogen (secondary N) is 1. The van der Waals surface area contributed by atoms with Crippen LogP contribution in [-0.2, 0) is 22.4 Å². The highest BCUT2D eigenvalue weighted by molar-refractivity contribution is 7.09. The Hall–Kier alpha value is -3.17. The zero-order chi connectivity index (χ0) is 24.2. The number of nitrogens with zero attached hydrogens (tertiary/aromatic N) is 3. The lowest BCUT2D eigenvalue weighted by molar-refractivity contribution is -0.120. The van der Waals surface area contributed by atoms with Gasteiger partial charge in [-0.2, -0.15) is 4.37 Å². The van der Waals surface area contributed by atoms with Gasteiger partial charge in [0.1, 0.15) is 5.82 Å². The molecular weight excluding hydrogens is 452 g/mol. The van der Waals surface area contributed by atoms with E-state index in [4.69, 9.17) is 19.2 Å². The van der Waals surface area contributed by atoms with Crippen molar-refractivity contribution >= 4 is 22.6 Å². The zero-order valence-corrected chi connectivity index (χ0v) is 20.8. The Morgan fingerprint density at radius 2 is 1.79 bits per heavy atom. The summed E-state index contributed by atoms with van der Waals surface area (Å²) in [6.45, 7) is 2.29. The largest absolute Gasteiger partial charge is 0.493 e. The number of carbonyl (C=O) groups is 1.